The minimum atomic E-state index is 0.457. The lowest BCUT2D eigenvalue weighted by Crippen LogP contribution is -2.06. The summed E-state index contributed by atoms with van der Waals surface area (Å²) in [4.78, 5) is 26.0. The number of nitrogens with zero attached hydrogens (tertiary/aromatic N) is 9. The molecule has 10 nitrogen and oxygen atoms in total. The van der Waals surface area contributed by atoms with Gasteiger partial charge in [0.05, 0.1) is 47.0 Å². The Balaban J connectivity index is 1.48. The molecular weight excluding hydrogens is 356 g/mol. The summed E-state index contributed by atoms with van der Waals surface area (Å²) in [7, 11) is 0. The highest BCUT2D eigenvalue weighted by Gasteiger charge is 2.11. The molecule has 1 aromatic carbocycles. The quantitative estimate of drug-likeness (QED) is 0.505. The largest absolute Gasteiger partial charge is 0.348 e. The topological polar surface area (TPSA) is 120 Å². The van der Waals surface area contributed by atoms with E-state index in [1.807, 2.05) is 25.1 Å². The zero-order valence-electron chi connectivity index (χ0n) is 14.9. The molecule has 5 rings (SSSR count). The first-order chi connectivity index (χ1) is 13.8. The van der Waals surface area contributed by atoms with E-state index in [1.165, 1.54) is 0 Å². The normalized spacial score (nSPS) is 11.2. The van der Waals surface area contributed by atoms with Gasteiger partial charge in [-0.2, -0.15) is 9.67 Å². The highest BCUT2D eigenvalue weighted by atomic mass is 15.4. The Morgan fingerprint density at radius 2 is 1.79 bits per heavy atom. The average molecular weight is 370 g/mol. The highest BCUT2D eigenvalue weighted by molar-refractivity contribution is 5.78. The zero-order valence-corrected chi connectivity index (χ0v) is 14.9. The molecule has 0 saturated carbocycles. The smallest absolute Gasteiger partial charge is 0.225 e. The summed E-state index contributed by atoms with van der Waals surface area (Å²) in [5.74, 6) is 0.457. The second-order valence-electron chi connectivity index (χ2n) is 6.14. The molecule has 0 spiro atoms. The van der Waals surface area contributed by atoms with Crippen LogP contribution in [0.5, 0.6) is 0 Å². The predicted molar refractivity (Wildman–Crippen MR) is 102 cm³/mol. The van der Waals surface area contributed by atoms with Gasteiger partial charge in [0.1, 0.15) is 0 Å². The molecule has 136 valence electrons. The number of benzene rings is 1. The van der Waals surface area contributed by atoms with Crippen molar-refractivity contribution in [3.63, 3.8) is 0 Å². The third kappa shape index (κ3) is 2.96. The SMILES string of the molecule is Cc1cnc(CNc2ncc3nnn(-c4ccc5nccnc5c4)c3n2)cn1. The number of hydrogen-bond donors (Lipinski definition) is 1. The van der Waals surface area contributed by atoms with E-state index in [0.29, 0.717) is 23.7 Å². The number of aromatic nitrogens is 9. The minimum absolute atomic E-state index is 0.457. The van der Waals surface area contributed by atoms with Gasteiger partial charge in [0.25, 0.3) is 0 Å². The number of aryl methyl sites for hydroxylation is 1. The molecule has 4 heterocycles. The molecule has 0 atom stereocenters. The van der Waals surface area contributed by atoms with Gasteiger partial charge < -0.3 is 5.32 Å². The van der Waals surface area contributed by atoms with Crippen LogP contribution in [0, 0.1) is 6.92 Å². The number of hydrogen-bond acceptors (Lipinski definition) is 9. The molecule has 1 N–H and O–H groups in total. The van der Waals surface area contributed by atoms with Crippen LogP contribution in [0.25, 0.3) is 27.9 Å². The molecule has 0 aliphatic heterocycles. The van der Waals surface area contributed by atoms with Crippen molar-refractivity contribution in [2.45, 2.75) is 13.5 Å². The van der Waals surface area contributed by atoms with Crippen LogP contribution in [0.3, 0.4) is 0 Å². The Morgan fingerprint density at radius 3 is 2.64 bits per heavy atom. The first-order valence-corrected chi connectivity index (χ1v) is 8.57. The molecule has 0 aliphatic carbocycles. The zero-order chi connectivity index (χ0) is 18.9. The van der Waals surface area contributed by atoms with Crippen molar-refractivity contribution in [1.82, 2.24) is 44.9 Å². The lowest BCUT2D eigenvalue weighted by atomic mass is 10.2. The first-order valence-electron chi connectivity index (χ1n) is 8.57. The van der Waals surface area contributed by atoms with Crippen molar-refractivity contribution >= 4 is 28.1 Å². The number of rotatable bonds is 4. The highest BCUT2D eigenvalue weighted by Crippen LogP contribution is 2.18. The van der Waals surface area contributed by atoms with E-state index in [-0.39, 0.29) is 0 Å². The molecule has 0 unspecified atom stereocenters. The van der Waals surface area contributed by atoms with Crippen molar-refractivity contribution in [2.24, 2.45) is 0 Å². The fraction of sp³-hybridized carbons (Fsp3) is 0.111. The monoisotopic (exact) mass is 370 g/mol. The fourth-order valence-corrected chi connectivity index (χ4v) is 2.75. The van der Waals surface area contributed by atoms with E-state index < -0.39 is 0 Å². The lowest BCUT2D eigenvalue weighted by Gasteiger charge is -2.06. The molecule has 5 aromatic rings. The van der Waals surface area contributed by atoms with Crippen LogP contribution in [-0.4, -0.2) is 44.9 Å². The molecular formula is C18H14N10. The van der Waals surface area contributed by atoms with Gasteiger partial charge in [-0.05, 0) is 25.1 Å². The maximum absolute atomic E-state index is 4.56. The molecule has 28 heavy (non-hydrogen) atoms. The van der Waals surface area contributed by atoms with E-state index in [2.05, 4.69) is 45.5 Å². The molecule has 4 aromatic heterocycles. The van der Waals surface area contributed by atoms with E-state index >= 15 is 0 Å². The average Bonchev–Trinajstić information content (AvgIpc) is 3.16. The Morgan fingerprint density at radius 1 is 0.893 bits per heavy atom. The Hall–Kier alpha value is -4.08. The van der Waals surface area contributed by atoms with Crippen LogP contribution in [0.15, 0.2) is 49.2 Å². The van der Waals surface area contributed by atoms with Crippen LogP contribution in [0.1, 0.15) is 11.4 Å². The van der Waals surface area contributed by atoms with Crippen molar-refractivity contribution in [2.75, 3.05) is 5.32 Å². The molecule has 0 aliphatic rings. The number of anilines is 1. The van der Waals surface area contributed by atoms with Crippen LogP contribution in [-0.2, 0) is 6.54 Å². The van der Waals surface area contributed by atoms with Crippen LogP contribution < -0.4 is 5.32 Å². The van der Waals surface area contributed by atoms with Gasteiger partial charge in [-0.1, -0.05) is 5.21 Å². The maximum atomic E-state index is 4.56. The molecule has 0 amide bonds. The molecule has 0 bridgehead atoms. The summed E-state index contributed by atoms with van der Waals surface area (Å²) in [5, 5.41) is 11.5. The summed E-state index contributed by atoms with van der Waals surface area (Å²) in [5.41, 5.74) is 5.24. The summed E-state index contributed by atoms with van der Waals surface area (Å²) in [6, 6.07) is 5.69. The van der Waals surface area contributed by atoms with Crippen LogP contribution >= 0.6 is 0 Å². The van der Waals surface area contributed by atoms with Crippen LogP contribution in [0.2, 0.25) is 0 Å². The summed E-state index contributed by atoms with van der Waals surface area (Å²) in [6.45, 7) is 2.36. The van der Waals surface area contributed by atoms with Gasteiger partial charge in [0.15, 0.2) is 11.2 Å². The van der Waals surface area contributed by atoms with Crippen molar-refractivity contribution in [3.8, 4) is 5.69 Å². The second kappa shape index (κ2) is 6.58. The summed E-state index contributed by atoms with van der Waals surface area (Å²) < 4.78 is 1.65. The second-order valence-corrected chi connectivity index (χ2v) is 6.14. The third-order valence-electron chi connectivity index (χ3n) is 4.15. The van der Waals surface area contributed by atoms with E-state index in [0.717, 1.165) is 28.1 Å². The van der Waals surface area contributed by atoms with E-state index in [9.17, 15) is 0 Å². The molecule has 0 radical (unpaired) electrons. The lowest BCUT2D eigenvalue weighted by molar-refractivity contribution is 0.817. The minimum Gasteiger partial charge on any atom is -0.348 e. The van der Waals surface area contributed by atoms with Gasteiger partial charge in [0.2, 0.25) is 5.95 Å². The maximum Gasteiger partial charge on any atom is 0.225 e. The third-order valence-corrected chi connectivity index (χ3v) is 4.15. The fourth-order valence-electron chi connectivity index (χ4n) is 2.75. The molecule has 10 heteroatoms. The first kappa shape index (κ1) is 16.1. The van der Waals surface area contributed by atoms with Crippen LogP contribution in [0.4, 0.5) is 5.95 Å². The predicted octanol–water partition coefficient (Wildman–Crippen LogP) is 1.86. The Bertz CT molecular complexity index is 1280. The molecule has 0 saturated heterocycles. The summed E-state index contributed by atoms with van der Waals surface area (Å²) in [6.07, 6.45) is 8.40. The Labute approximate surface area is 158 Å². The van der Waals surface area contributed by atoms with E-state index in [1.54, 1.807) is 35.7 Å². The van der Waals surface area contributed by atoms with Gasteiger partial charge in [-0.15, -0.1) is 5.10 Å². The summed E-state index contributed by atoms with van der Waals surface area (Å²) >= 11 is 0. The van der Waals surface area contributed by atoms with Gasteiger partial charge in [-0.25, -0.2) is 4.98 Å². The van der Waals surface area contributed by atoms with Gasteiger partial charge in [0, 0.05) is 18.6 Å². The standard InChI is InChI=1S/C18H14N10/c1-11-7-22-12(8-21-11)9-23-18-24-10-16-17(25-18)28(27-26-16)13-2-3-14-15(6-13)20-5-4-19-14/h2-8,10H,9H2,1H3,(H,23,24,25). The number of nitrogens with one attached hydrogen (secondary N) is 1. The van der Waals surface area contributed by atoms with Crippen molar-refractivity contribution < 1.29 is 0 Å². The number of fused-ring (bicyclic) bond motifs is 2. The van der Waals surface area contributed by atoms with Crippen molar-refractivity contribution in [3.05, 3.63) is 60.6 Å². The van der Waals surface area contributed by atoms with Gasteiger partial charge >= 0.3 is 0 Å². The molecule has 0 fully saturated rings. The van der Waals surface area contributed by atoms with Gasteiger partial charge in [-0.3, -0.25) is 19.9 Å². The Kier molecular flexibility index (Phi) is 3.79. The van der Waals surface area contributed by atoms with Crippen molar-refractivity contribution in [1.29, 1.82) is 0 Å². The van der Waals surface area contributed by atoms with E-state index in [4.69, 9.17) is 0 Å².